The fourth-order valence-electron chi connectivity index (χ4n) is 2.06. The van der Waals surface area contributed by atoms with E-state index in [2.05, 4.69) is 5.32 Å². The minimum Gasteiger partial charge on any atom is -0.481 e. The molecule has 1 unspecified atom stereocenters. The third-order valence-corrected chi connectivity index (χ3v) is 3.45. The van der Waals surface area contributed by atoms with Crippen LogP contribution in [0.25, 0.3) is 0 Å². The van der Waals surface area contributed by atoms with Gasteiger partial charge in [-0.2, -0.15) is 0 Å². The van der Waals surface area contributed by atoms with Crippen LogP contribution < -0.4 is 5.32 Å². The molecule has 1 amide bonds. The van der Waals surface area contributed by atoms with Crippen LogP contribution in [0.4, 0.5) is 0 Å². The second-order valence-corrected chi connectivity index (χ2v) is 4.55. The van der Waals surface area contributed by atoms with E-state index in [4.69, 9.17) is 9.47 Å². The lowest BCUT2D eigenvalue weighted by atomic mass is 9.80. The van der Waals surface area contributed by atoms with Crippen LogP contribution in [0.2, 0.25) is 0 Å². The van der Waals surface area contributed by atoms with E-state index in [1.165, 1.54) is 7.11 Å². The van der Waals surface area contributed by atoms with Gasteiger partial charge in [-0.25, -0.2) is 0 Å². The molecule has 1 heterocycles. The Hall–Kier alpha value is -1.14. The van der Waals surface area contributed by atoms with E-state index in [-0.39, 0.29) is 12.5 Å². The number of carboxylic acid groups (broad SMARTS) is 1. The topological polar surface area (TPSA) is 84.9 Å². The number of amides is 1. The van der Waals surface area contributed by atoms with Gasteiger partial charge in [0.25, 0.3) is 0 Å². The highest BCUT2D eigenvalue weighted by Crippen LogP contribution is 2.30. The first-order valence-corrected chi connectivity index (χ1v) is 6.17. The lowest BCUT2D eigenvalue weighted by Gasteiger charge is -2.33. The van der Waals surface area contributed by atoms with Gasteiger partial charge < -0.3 is 19.9 Å². The third kappa shape index (κ3) is 3.43. The van der Waals surface area contributed by atoms with Crippen LogP contribution in [0.5, 0.6) is 0 Å². The highest BCUT2D eigenvalue weighted by Gasteiger charge is 2.40. The average molecular weight is 259 g/mol. The zero-order chi connectivity index (χ0) is 13.6. The first-order valence-electron chi connectivity index (χ1n) is 6.17. The van der Waals surface area contributed by atoms with Crippen LogP contribution in [0.15, 0.2) is 0 Å². The molecule has 6 heteroatoms. The maximum Gasteiger partial charge on any atom is 0.311 e. The second kappa shape index (κ2) is 6.70. The number of nitrogens with one attached hydrogen (secondary N) is 1. The van der Waals surface area contributed by atoms with E-state index in [1.54, 1.807) is 0 Å². The minimum atomic E-state index is -0.903. The van der Waals surface area contributed by atoms with E-state index in [1.807, 2.05) is 6.92 Å². The number of carboxylic acids is 1. The Morgan fingerprint density at radius 2 is 2.06 bits per heavy atom. The fourth-order valence-corrected chi connectivity index (χ4v) is 2.06. The normalized spacial score (nSPS) is 20.1. The molecule has 0 aromatic rings. The van der Waals surface area contributed by atoms with Crippen LogP contribution in [-0.4, -0.2) is 50.0 Å². The van der Waals surface area contributed by atoms with Crippen molar-refractivity contribution in [3.8, 4) is 0 Å². The molecular weight excluding hydrogens is 238 g/mol. The highest BCUT2D eigenvalue weighted by molar-refractivity contribution is 5.82. The molecule has 18 heavy (non-hydrogen) atoms. The van der Waals surface area contributed by atoms with Crippen LogP contribution in [0, 0.1) is 5.41 Å². The number of methoxy groups -OCH3 is 1. The Morgan fingerprint density at radius 3 is 2.50 bits per heavy atom. The second-order valence-electron chi connectivity index (χ2n) is 4.55. The number of hydrogen-bond donors (Lipinski definition) is 2. The maximum atomic E-state index is 11.8. The third-order valence-electron chi connectivity index (χ3n) is 3.45. The Morgan fingerprint density at radius 1 is 1.44 bits per heavy atom. The quantitative estimate of drug-likeness (QED) is 0.721. The molecule has 1 rings (SSSR count). The van der Waals surface area contributed by atoms with Crippen LogP contribution in [0.3, 0.4) is 0 Å². The van der Waals surface area contributed by atoms with Crippen LogP contribution in [-0.2, 0) is 19.1 Å². The van der Waals surface area contributed by atoms with Gasteiger partial charge >= 0.3 is 5.97 Å². The molecule has 6 nitrogen and oxygen atoms in total. The standard InChI is InChI=1S/C12H21NO5/c1-3-9(17-2)10(14)13-8-12(11(15)16)4-6-18-7-5-12/h9H,3-8H2,1-2H3,(H,13,14)(H,15,16). The number of carbonyl (C=O) groups excluding carboxylic acids is 1. The summed E-state index contributed by atoms with van der Waals surface area (Å²) in [7, 11) is 1.47. The maximum absolute atomic E-state index is 11.8. The summed E-state index contributed by atoms with van der Waals surface area (Å²) in [5.74, 6) is -1.14. The highest BCUT2D eigenvalue weighted by atomic mass is 16.5. The van der Waals surface area contributed by atoms with Crippen molar-refractivity contribution in [2.75, 3.05) is 26.9 Å². The van der Waals surface area contributed by atoms with Crippen molar-refractivity contribution in [3.05, 3.63) is 0 Å². The van der Waals surface area contributed by atoms with Gasteiger partial charge in [0.1, 0.15) is 6.10 Å². The Labute approximate surface area is 107 Å². The summed E-state index contributed by atoms with van der Waals surface area (Å²) < 4.78 is 10.2. The summed E-state index contributed by atoms with van der Waals surface area (Å²) in [6.07, 6.45) is 0.889. The lowest BCUT2D eigenvalue weighted by molar-refractivity contribution is -0.155. The largest absolute Gasteiger partial charge is 0.481 e. The van der Waals surface area contributed by atoms with E-state index in [9.17, 15) is 14.7 Å². The van der Waals surface area contributed by atoms with Gasteiger partial charge in [-0.15, -0.1) is 0 Å². The number of aliphatic carboxylic acids is 1. The van der Waals surface area contributed by atoms with E-state index < -0.39 is 17.5 Å². The van der Waals surface area contributed by atoms with Gasteiger partial charge in [0, 0.05) is 26.9 Å². The van der Waals surface area contributed by atoms with Gasteiger partial charge in [-0.1, -0.05) is 6.92 Å². The molecule has 0 aliphatic carbocycles. The van der Waals surface area contributed by atoms with Crippen molar-refractivity contribution < 1.29 is 24.2 Å². The van der Waals surface area contributed by atoms with Gasteiger partial charge in [-0.3, -0.25) is 9.59 Å². The molecule has 0 bridgehead atoms. The van der Waals surface area contributed by atoms with Crippen molar-refractivity contribution in [1.82, 2.24) is 5.32 Å². The summed E-state index contributed by atoms with van der Waals surface area (Å²) in [6.45, 7) is 2.81. The number of rotatable bonds is 6. The molecule has 0 aromatic heterocycles. The number of ether oxygens (including phenoxy) is 2. The van der Waals surface area contributed by atoms with Crippen molar-refractivity contribution >= 4 is 11.9 Å². The summed E-state index contributed by atoms with van der Waals surface area (Å²) in [4.78, 5) is 23.1. The summed E-state index contributed by atoms with van der Waals surface area (Å²) >= 11 is 0. The molecule has 0 saturated carbocycles. The smallest absolute Gasteiger partial charge is 0.311 e. The molecule has 1 atom stereocenters. The van der Waals surface area contributed by atoms with Crippen molar-refractivity contribution in [2.45, 2.75) is 32.3 Å². The molecule has 1 fully saturated rings. The Balaban J connectivity index is 2.57. The van der Waals surface area contributed by atoms with Gasteiger partial charge in [0.05, 0.1) is 5.41 Å². The monoisotopic (exact) mass is 259 g/mol. The van der Waals surface area contributed by atoms with Gasteiger partial charge in [0.2, 0.25) is 5.91 Å². The Bertz CT molecular complexity index is 295. The predicted octanol–water partition coefficient (Wildman–Crippen LogP) is 0.409. The van der Waals surface area contributed by atoms with E-state index in [0.29, 0.717) is 32.5 Å². The predicted molar refractivity (Wildman–Crippen MR) is 64.2 cm³/mol. The molecule has 0 aromatic carbocycles. The summed E-state index contributed by atoms with van der Waals surface area (Å²) in [6, 6.07) is 0. The van der Waals surface area contributed by atoms with Crippen LogP contribution >= 0.6 is 0 Å². The first-order chi connectivity index (χ1) is 8.55. The minimum absolute atomic E-state index is 0.129. The molecule has 1 saturated heterocycles. The zero-order valence-corrected chi connectivity index (χ0v) is 10.9. The number of hydrogen-bond acceptors (Lipinski definition) is 4. The SMILES string of the molecule is CCC(OC)C(=O)NCC1(C(=O)O)CCOCC1. The molecule has 104 valence electrons. The van der Waals surface area contributed by atoms with Gasteiger partial charge in [-0.05, 0) is 19.3 Å². The number of carbonyl (C=O) groups is 2. The Kier molecular flexibility index (Phi) is 5.55. The molecular formula is C12H21NO5. The zero-order valence-electron chi connectivity index (χ0n) is 10.9. The van der Waals surface area contributed by atoms with Gasteiger partial charge in [0.15, 0.2) is 0 Å². The van der Waals surface area contributed by atoms with Crippen molar-refractivity contribution in [2.24, 2.45) is 5.41 Å². The summed E-state index contributed by atoms with van der Waals surface area (Å²) in [5.41, 5.74) is -0.903. The molecule has 2 N–H and O–H groups in total. The molecule has 0 radical (unpaired) electrons. The van der Waals surface area contributed by atoms with Crippen LogP contribution in [0.1, 0.15) is 26.2 Å². The van der Waals surface area contributed by atoms with Crippen molar-refractivity contribution in [1.29, 1.82) is 0 Å². The fraction of sp³-hybridized carbons (Fsp3) is 0.833. The average Bonchev–Trinajstić information content (AvgIpc) is 2.38. The van der Waals surface area contributed by atoms with Crippen molar-refractivity contribution in [3.63, 3.8) is 0 Å². The van der Waals surface area contributed by atoms with E-state index >= 15 is 0 Å². The summed E-state index contributed by atoms with van der Waals surface area (Å²) in [5, 5.41) is 12.0. The molecule has 1 aliphatic rings. The molecule has 0 spiro atoms. The lowest BCUT2D eigenvalue weighted by Crippen LogP contribution is -2.48. The van der Waals surface area contributed by atoms with E-state index in [0.717, 1.165) is 0 Å². The molecule has 1 aliphatic heterocycles. The first kappa shape index (κ1) is 14.9.